The smallest absolute Gasteiger partial charge is 0.410 e. The standard InChI is InChI=1S/C37H55N5O4Si.C29H42N2O5Si.C27H34N4O2.C8H15N3.H2/c1-12-31(30-22-25(2)39-40-30)41(9)34(43)27-17-15-26(16-18-27)23-29-19-20-32(42(29)35(44)45-36(3,4)5)33(28-14-13-21-38-24-28)46-47(10,11)37(6,7)8;1-28(2,3)35-27(34)31-23(18-20-11-13-21(14-12-20)26(32)33)15-16-24(31)25(22-10-9-17-30-19-22)36-37(7,8)29(4,5)6;1-4-25(24-14-18(2)29-30-24)31(3)27(33)21-10-7-19(8-11-21)15-20-9-12-22(16-20)26(32)23-6-5-13-28-17-23;1-4-7(9-3)8-5-6(2)10-11-8;/h13-18,21-22,24,29,31-33H,12,19-20,23H2,1-11H3,(H,39,40);9-14,17,19,23-25H,15-16,18H2,1-8H3,(H,32,33);5-8,10-11,13-14,17,20,22,25-26,32H,4,9,12,15-16H2,1-3H3,(H,29,30);5,7,9H,4H2,1-3H3,(H,10,11);1H/t29?,31?,32-,33-;23?,24-,25-;20?,22-,25?,26-;;/m110../s1. The van der Waals surface area contributed by atoms with Crippen LogP contribution >= 0.6 is 0 Å². The molecule has 4 amide bonds. The first-order valence-electron chi connectivity index (χ1n) is 45.8. The zero-order valence-electron chi connectivity index (χ0n) is 80.7. The predicted molar refractivity (Wildman–Crippen MR) is 512 cm³/mol. The maximum absolute atomic E-state index is 14.0. The van der Waals surface area contributed by atoms with Crippen LogP contribution in [0.4, 0.5) is 9.59 Å². The van der Waals surface area contributed by atoms with E-state index in [0.717, 1.165) is 133 Å². The highest BCUT2D eigenvalue weighted by atomic mass is 28.4. The molecule has 8 heterocycles. The van der Waals surface area contributed by atoms with Crippen LogP contribution < -0.4 is 5.32 Å². The van der Waals surface area contributed by atoms with Gasteiger partial charge in [-0.05, 0) is 307 Å². The lowest BCUT2D eigenvalue weighted by Crippen LogP contribution is -2.50. The maximum atomic E-state index is 14.0. The molecule has 3 fully saturated rings. The lowest BCUT2D eigenvalue weighted by atomic mass is 9.92. The molecule has 3 aromatic carbocycles. The van der Waals surface area contributed by atoms with Crippen LogP contribution in [0.1, 0.15) is 305 Å². The highest BCUT2D eigenvalue weighted by molar-refractivity contribution is 6.74. The lowest BCUT2D eigenvalue weighted by molar-refractivity contribution is -0.00314. The molecule has 3 aliphatic rings. The second kappa shape index (κ2) is 44.5. The summed E-state index contributed by atoms with van der Waals surface area (Å²) in [7, 11) is 1.20. The molecule has 1 aliphatic carbocycles. The Bertz CT molecular complexity index is 4990. The van der Waals surface area contributed by atoms with Gasteiger partial charge in [-0.15, -0.1) is 0 Å². The van der Waals surface area contributed by atoms with Gasteiger partial charge in [-0.25, -0.2) is 14.4 Å². The molecule has 0 bridgehead atoms. The number of hydrogen-bond acceptors (Lipinski definition) is 17. The van der Waals surface area contributed by atoms with E-state index in [4.69, 9.17) is 18.3 Å². The van der Waals surface area contributed by atoms with Crippen molar-refractivity contribution >= 4 is 46.6 Å². The Kier molecular flexibility index (Phi) is 35.4. The Labute approximate surface area is 764 Å². The van der Waals surface area contributed by atoms with Crippen LogP contribution in [0.3, 0.4) is 0 Å². The maximum Gasteiger partial charge on any atom is 0.410 e. The number of benzene rings is 3. The van der Waals surface area contributed by atoms with Gasteiger partial charge in [0.25, 0.3) is 11.8 Å². The van der Waals surface area contributed by atoms with Gasteiger partial charge in [-0.3, -0.25) is 49.6 Å². The Hall–Kier alpha value is -10.0. The number of aryl methyl sites for hydroxylation is 3. The van der Waals surface area contributed by atoms with Crippen LogP contribution in [0.15, 0.2) is 165 Å². The normalized spacial score (nSPS) is 18.7. The van der Waals surface area contributed by atoms with Crippen LogP contribution in [0.5, 0.6) is 0 Å². The largest absolute Gasteiger partial charge is 0.478 e. The fourth-order valence-corrected chi connectivity index (χ4v) is 19.5. The van der Waals surface area contributed by atoms with Gasteiger partial charge >= 0.3 is 18.2 Å². The van der Waals surface area contributed by atoms with Gasteiger partial charge in [-0.2, -0.15) is 15.3 Å². The van der Waals surface area contributed by atoms with Crippen molar-refractivity contribution in [1.29, 1.82) is 0 Å². The number of aliphatic hydroxyl groups is 1. The molecule has 12 atom stereocenters. The fourth-order valence-electron chi connectivity index (χ4n) is 16.9. The molecule has 128 heavy (non-hydrogen) atoms. The second-order valence-electron chi connectivity index (χ2n) is 40.1. The molecule has 6 unspecified atom stereocenters. The van der Waals surface area contributed by atoms with Gasteiger partial charge in [0, 0.05) is 93.0 Å². The minimum Gasteiger partial charge on any atom is -0.478 e. The molecule has 12 rings (SSSR count). The zero-order valence-corrected chi connectivity index (χ0v) is 82.7. The van der Waals surface area contributed by atoms with Crippen LogP contribution in [-0.2, 0) is 37.6 Å². The number of aromatic amines is 3. The first-order chi connectivity index (χ1) is 60.2. The Balaban J connectivity index is 0.000000227. The Morgan fingerprint density at radius 3 is 1.17 bits per heavy atom. The van der Waals surface area contributed by atoms with Gasteiger partial charge in [0.05, 0.1) is 71.2 Å². The summed E-state index contributed by atoms with van der Waals surface area (Å²) in [6, 6.07) is 40.1. The summed E-state index contributed by atoms with van der Waals surface area (Å²) in [6.45, 7) is 45.8. The molecule has 0 radical (unpaired) electrons. The third-order valence-corrected chi connectivity index (χ3v) is 34.8. The number of rotatable bonds is 28. The Morgan fingerprint density at radius 2 is 0.859 bits per heavy atom. The van der Waals surface area contributed by atoms with Gasteiger partial charge in [-0.1, -0.05) is 117 Å². The minimum atomic E-state index is -2.23. The van der Waals surface area contributed by atoms with Gasteiger partial charge in [0.1, 0.15) is 11.2 Å². The Morgan fingerprint density at radius 1 is 0.500 bits per heavy atom. The molecule has 27 heteroatoms. The van der Waals surface area contributed by atoms with Crippen LogP contribution in [0, 0.1) is 32.6 Å². The van der Waals surface area contributed by atoms with Gasteiger partial charge in [0.15, 0.2) is 16.6 Å². The van der Waals surface area contributed by atoms with Crippen molar-refractivity contribution in [3.05, 3.63) is 249 Å². The summed E-state index contributed by atoms with van der Waals surface area (Å²) in [4.78, 5) is 85.8. The molecule has 0 spiro atoms. The summed E-state index contributed by atoms with van der Waals surface area (Å²) in [5.41, 5.74) is 12.3. The quantitative estimate of drug-likeness (QED) is 0.0248. The minimum absolute atomic E-state index is 0. The van der Waals surface area contributed by atoms with E-state index >= 15 is 0 Å². The number of amides is 4. The highest BCUT2D eigenvalue weighted by Gasteiger charge is 2.50. The van der Waals surface area contributed by atoms with Crippen LogP contribution in [0.25, 0.3) is 0 Å². The summed E-state index contributed by atoms with van der Waals surface area (Å²) in [5, 5.41) is 45.0. The molecule has 1 saturated carbocycles. The number of carbonyl (C=O) groups is 5. The molecule has 9 aromatic rings. The average Bonchev–Trinajstić information content (AvgIpc) is 1.70. The van der Waals surface area contributed by atoms with E-state index in [1.165, 1.54) is 5.56 Å². The number of hydrogen-bond donors (Lipinski definition) is 6. The summed E-state index contributed by atoms with van der Waals surface area (Å²) < 4.78 is 26.0. The number of aromatic nitrogens is 9. The van der Waals surface area contributed by atoms with Crippen molar-refractivity contribution in [2.75, 3.05) is 21.1 Å². The van der Waals surface area contributed by atoms with E-state index in [1.54, 1.807) is 46.7 Å². The topological polar surface area (TPSA) is 312 Å². The number of carbonyl (C=O) groups excluding carboxylic acids is 4. The summed E-state index contributed by atoms with van der Waals surface area (Å²) in [6.07, 6.45) is 20.1. The van der Waals surface area contributed by atoms with Gasteiger partial charge < -0.3 is 43.7 Å². The number of aromatic carboxylic acids is 1. The molecule has 25 nitrogen and oxygen atoms in total. The number of carboxylic acids is 1. The molecule has 6 aromatic heterocycles. The number of H-pyrrole nitrogens is 3. The summed E-state index contributed by atoms with van der Waals surface area (Å²) in [5.74, 6) is -0.162. The first-order valence-corrected chi connectivity index (χ1v) is 51.6. The van der Waals surface area contributed by atoms with E-state index in [-0.39, 0.29) is 95.4 Å². The molecular formula is C101H148N14O11Si2. The van der Waals surface area contributed by atoms with E-state index in [2.05, 4.69) is 164 Å². The van der Waals surface area contributed by atoms with Crippen molar-refractivity contribution in [3.63, 3.8) is 0 Å². The zero-order chi connectivity index (χ0) is 94.0. The molecule has 696 valence electrons. The number of carboxylic acid groups (broad SMARTS) is 1. The monoisotopic (exact) mass is 1790 g/mol. The molecular weight excluding hydrogens is 1640 g/mol. The fraction of sp³-hybridized carbons (Fsp3) is 0.535. The van der Waals surface area contributed by atoms with Crippen molar-refractivity contribution in [2.45, 2.75) is 316 Å². The molecule has 2 aliphatic heterocycles. The summed E-state index contributed by atoms with van der Waals surface area (Å²) >= 11 is 0. The third kappa shape index (κ3) is 27.5. The molecule has 6 N–H and O–H groups in total. The van der Waals surface area contributed by atoms with Crippen LogP contribution in [-0.4, -0.2) is 178 Å². The van der Waals surface area contributed by atoms with E-state index < -0.39 is 39.9 Å². The number of pyridine rings is 3. The highest BCUT2D eigenvalue weighted by Crippen LogP contribution is 2.48. The number of aliphatic hydroxyl groups excluding tert-OH is 1. The van der Waals surface area contributed by atoms with E-state index in [9.17, 15) is 34.2 Å². The SMILES string of the molecule is CC(C)(C)OC(=O)N1C(Cc2ccc(C(=O)O)cc2)CC[C@@H]1[C@H](O[Si](C)(C)C(C)(C)C)c1cccnc1.CCC(NC)c1cc(C)[nH]n1.CCC(c1cc(C)[nH]n1)N(C)C(=O)c1ccc(CC2CC[C@H]([C@H](O)c3cccnc3)C2)cc1.CCC(c1cc(C)[nH]n1)N(C)C(=O)c1ccc(CC2CC[C@H]([C@H](O[Si](C)(C)C(C)(C)C)c3cccnc3)N2C(=O)OC(C)(C)C)cc1.[HH]. The van der Waals surface area contributed by atoms with E-state index in [0.29, 0.717) is 35.9 Å². The van der Waals surface area contributed by atoms with Crippen molar-refractivity contribution < 1.29 is 53.9 Å². The number of nitrogens with one attached hydrogen (secondary N) is 4. The van der Waals surface area contributed by atoms with Crippen molar-refractivity contribution in [1.82, 2.24) is 70.5 Å². The second-order valence-corrected chi connectivity index (χ2v) is 49.6. The number of likely N-dealkylation sites (tertiary alicyclic amines) is 2. The first kappa shape index (κ1) is 102. The predicted octanol–water partition coefficient (Wildman–Crippen LogP) is 21.9. The van der Waals surface area contributed by atoms with Crippen LogP contribution in [0.2, 0.25) is 36.3 Å². The molecule has 2 saturated heterocycles. The van der Waals surface area contributed by atoms with Crippen molar-refractivity contribution in [3.8, 4) is 0 Å². The number of nitrogens with zero attached hydrogens (tertiary/aromatic N) is 10. The number of ether oxygens (including phenoxy) is 2. The lowest BCUT2D eigenvalue weighted by Gasteiger charge is -2.43. The van der Waals surface area contributed by atoms with E-state index in [1.807, 2.05) is 197 Å². The van der Waals surface area contributed by atoms with Gasteiger partial charge in [0.2, 0.25) is 0 Å². The average molecular weight is 1790 g/mol. The third-order valence-electron chi connectivity index (χ3n) is 25.9. The van der Waals surface area contributed by atoms with Crippen molar-refractivity contribution in [2.24, 2.45) is 11.8 Å².